The smallest absolute Gasteiger partial charge is 0.0886 e. The van der Waals surface area contributed by atoms with E-state index in [9.17, 15) is 0 Å². The Kier molecular flexibility index (Phi) is 5.62. The van der Waals surface area contributed by atoms with Gasteiger partial charge >= 0.3 is 0 Å². The first-order valence-corrected chi connectivity index (χ1v) is 5.72. The molecule has 0 radical (unpaired) electrons. The lowest BCUT2D eigenvalue weighted by Crippen LogP contribution is -2.45. The fourth-order valence-corrected chi connectivity index (χ4v) is 1.79. The van der Waals surface area contributed by atoms with Gasteiger partial charge in [0.1, 0.15) is 0 Å². The molecule has 80 valence electrons. The predicted octanol–water partition coefficient (Wildman–Crippen LogP) is 3.30. The van der Waals surface area contributed by atoms with E-state index in [2.05, 4.69) is 41.9 Å². The van der Waals surface area contributed by atoms with Gasteiger partial charge in [-0.2, -0.15) is 0 Å². The second-order valence-corrected chi connectivity index (χ2v) is 5.31. The van der Waals surface area contributed by atoms with E-state index in [4.69, 9.17) is 0 Å². The quantitative estimate of drug-likeness (QED) is 0.558. The summed E-state index contributed by atoms with van der Waals surface area (Å²) in [7, 11) is 6.97. The molecular formula is C12H28N+. The summed E-state index contributed by atoms with van der Waals surface area (Å²) < 4.78 is 1.12. The Morgan fingerprint density at radius 3 is 1.92 bits per heavy atom. The minimum absolute atomic E-state index is 0.847. The summed E-state index contributed by atoms with van der Waals surface area (Å²) in [6, 6.07) is 0.847. The Hall–Kier alpha value is -0.0400. The van der Waals surface area contributed by atoms with Gasteiger partial charge in [-0.3, -0.25) is 0 Å². The van der Waals surface area contributed by atoms with Crippen LogP contribution in [0.2, 0.25) is 0 Å². The molecule has 0 aromatic carbocycles. The maximum Gasteiger partial charge on any atom is 0.0886 e. The van der Waals surface area contributed by atoms with Crippen LogP contribution in [0.4, 0.5) is 0 Å². The Morgan fingerprint density at radius 1 is 1.08 bits per heavy atom. The zero-order valence-corrected chi connectivity index (χ0v) is 10.4. The van der Waals surface area contributed by atoms with Crippen molar-refractivity contribution in [3.05, 3.63) is 0 Å². The lowest BCUT2D eigenvalue weighted by molar-refractivity contribution is -0.897. The van der Waals surface area contributed by atoms with Crippen LogP contribution in [0.25, 0.3) is 0 Å². The third kappa shape index (κ3) is 5.30. The number of hydrogen-bond acceptors (Lipinski definition) is 0. The summed E-state index contributed by atoms with van der Waals surface area (Å²) >= 11 is 0. The van der Waals surface area contributed by atoms with Crippen molar-refractivity contribution in [2.45, 2.75) is 52.5 Å². The first-order chi connectivity index (χ1) is 5.91. The third-order valence-corrected chi connectivity index (χ3v) is 3.09. The van der Waals surface area contributed by atoms with Crippen LogP contribution < -0.4 is 0 Å². The average molecular weight is 186 g/mol. The molecule has 1 heteroatoms. The van der Waals surface area contributed by atoms with E-state index in [1.54, 1.807) is 0 Å². The van der Waals surface area contributed by atoms with Crippen molar-refractivity contribution in [3.8, 4) is 0 Å². The summed E-state index contributed by atoms with van der Waals surface area (Å²) in [5, 5.41) is 0. The van der Waals surface area contributed by atoms with Crippen molar-refractivity contribution >= 4 is 0 Å². The molecule has 0 spiro atoms. The Balaban J connectivity index is 4.10. The first kappa shape index (κ1) is 13.0. The van der Waals surface area contributed by atoms with Gasteiger partial charge in [-0.15, -0.1) is 0 Å². The van der Waals surface area contributed by atoms with Gasteiger partial charge in [-0.05, 0) is 12.3 Å². The standard InChI is InChI=1S/C12H28N/c1-7-9-12(13(4,5)6)10-11(3)8-2/h11-12H,7-10H2,1-6H3/q+1. The van der Waals surface area contributed by atoms with Gasteiger partial charge in [-0.1, -0.05) is 33.6 Å². The Labute approximate surface area is 84.7 Å². The lowest BCUT2D eigenvalue weighted by Gasteiger charge is -2.35. The number of nitrogens with zero attached hydrogens (tertiary/aromatic N) is 1. The molecule has 0 N–H and O–H groups in total. The molecule has 0 aliphatic rings. The second-order valence-electron chi connectivity index (χ2n) is 5.31. The van der Waals surface area contributed by atoms with Gasteiger partial charge in [0, 0.05) is 6.42 Å². The second kappa shape index (κ2) is 5.64. The molecule has 0 saturated heterocycles. The van der Waals surface area contributed by atoms with Crippen LogP contribution in [0.3, 0.4) is 0 Å². The third-order valence-electron chi connectivity index (χ3n) is 3.09. The summed E-state index contributed by atoms with van der Waals surface area (Å²) in [6.45, 7) is 6.96. The van der Waals surface area contributed by atoms with Crippen LogP contribution in [0.5, 0.6) is 0 Å². The number of quaternary nitrogens is 1. The predicted molar refractivity (Wildman–Crippen MR) is 60.8 cm³/mol. The fraction of sp³-hybridized carbons (Fsp3) is 1.00. The van der Waals surface area contributed by atoms with Gasteiger partial charge in [-0.25, -0.2) is 0 Å². The van der Waals surface area contributed by atoms with Crippen LogP contribution >= 0.6 is 0 Å². The molecule has 0 aliphatic carbocycles. The zero-order valence-electron chi connectivity index (χ0n) is 10.4. The molecule has 0 fully saturated rings. The van der Waals surface area contributed by atoms with Crippen molar-refractivity contribution in [2.24, 2.45) is 5.92 Å². The van der Waals surface area contributed by atoms with E-state index in [1.807, 2.05) is 0 Å². The molecule has 0 heterocycles. The van der Waals surface area contributed by atoms with Gasteiger partial charge < -0.3 is 4.48 Å². The molecule has 0 amide bonds. The van der Waals surface area contributed by atoms with Crippen LogP contribution in [-0.2, 0) is 0 Å². The van der Waals surface area contributed by atoms with E-state index < -0.39 is 0 Å². The SMILES string of the molecule is CCCC(CC(C)CC)[N+](C)(C)C. The summed E-state index contributed by atoms with van der Waals surface area (Å²) in [5.74, 6) is 0.883. The van der Waals surface area contributed by atoms with Crippen molar-refractivity contribution < 1.29 is 4.48 Å². The van der Waals surface area contributed by atoms with Crippen LogP contribution in [0.1, 0.15) is 46.5 Å². The minimum Gasteiger partial charge on any atom is -0.328 e. The van der Waals surface area contributed by atoms with Crippen LogP contribution in [0, 0.1) is 5.92 Å². The molecule has 2 atom stereocenters. The van der Waals surface area contributed by atoms with Gasteiger partial charge in [0.15, 0.2) is 0 Å². The number of rotatable bonds is 6. The molecule has 0 aliphatic heterocycles. The van der Waals surface area contributed by atoms with Gasteiger partial charge in [0.05, 0.1) is 27.2 Å². The van der Waals surface area contributed by atoms with E-state index in [-0.39, 0.29) is 0 Å². The molecule has 0 rings (SSSR count). The van der Waals surface area contributed by atoms with Crippen LogP contribution in [0.15, 0.2) is 0 Å². The summed E-state index contributed by atoms with van der Waals surface area (Å²) in [4.78, 5) is 0. The highest BCUT2D eigenvalue weighted by molar-refractivity contribution is 4.62. The van der Waals surface area contributed by atoms with Gasteiger partial charge in [0.2, 0.25) is 0 Å². The first-order valence-electron chi connectivity index (χ1n) is 5.72. The van der Waals surface area contributed by atoms with Crippen molar-refractivity contribution in [1.82, 2.24) is 0 Å². The van der Waals surface area contributed by atoms with E-state index in [1.165, 1.54) is 25.7 Å². The minimum atomic E-state index is 0.847. The molecule has 1 nitrogen and oxygen atoms in total. The Morgan fingerprint density at radius 2 is 1.62 bits per heavy atom. The molecule has 2 unspecified atom stereocenters. The average Bonchev–Trinajstić information content (AvgIpc) is 2.01. The van der Waals surface area contributed by atoms with E-state index in [0.717, 1.165) is 16.4 Å². The van der Waals surface area contributed by atoms with Crippen LogP contribution in [-0.4, -0.2) is 31.7 Å². The number of hydrogen-bond donors (Lipinski definition) is 0. The summed E-state index contributed by atoms with van der Waals surface area (Å²) in [6.07, 6.45) is 5.39. The molecule has 0 aromatic heterocycles. The largest absolute Gasteiger partial charge is 0.328 e. The Bertz CT molecular complexity index is 124. The highest BCUT2D eigenvalue weighted by Gasteiger charge is 2.23. The van der Waals surface area contributed by atoms with Crippen molar-refractivity contribution in [2.75, 3.05) is 21.1 Å². The van der Waals surface area contributed by atoms with E-state index in [0.29, 0.717) is 0 Å². The lowest BCUT2D eigenvalue weighted by atomic mass is 9.95. The van der Waals surface area contributed by atoms with E-state index >= 15 is 0 Å². The monoisotopic (exact) mass is 186 g/mol. The highest BCUT2D eigenvalue weighted by atomic mass is 15.3. The molecule has 0 saturated carbocycles. The topological polar surface area (TPSA) is 0 Å². The van der Waals surface area contributed by atoms with Crippen molar-refractivity contribution in [3.63, 3.8) is 0 Å². The fourth-order valence-electron chi connectivity index (χ4n) is 1.79. The normalized spacial score (nSPS) is 17.1. The summed E-state index contributed by atoms with van der Waals surface area (Å²) in [5.41, 5.74) is 0. The zero-order chi connectivity index (χ0) is 10.5. The molecule has 13 heavy (non-hydrogen) atoms. The molecule has 0 aromatic rings. The maximum absolute atomic E-state index is 2.37. The van der Waals surface area contributed by atoms with Crippen molar-refractivity contribution in [1.29, 1.82) is 0 Å². The molecule has 0 bridgehead atoms. The highest BCUT2D eigenvalue weighted by Crippen LogP contribution is 2.20. The van der Waals surface area contributed by atoms with Gasteiger partial charge in [0.25, 0.3) is 0 Å². The maximum atomic E-state index is 2.37. The molecular weight excluding hydrogens is 158 g/mol.